The lowest BCUT2D eigenvalue weighted by atomic mass is 10.2. The molecule has 2 aromatic carbocycles. The van der Waals surface area contributed by atoms with Gasteiger partial charge >= 0.3 is 6.03 Å². The summed E-state index contributed by atoms with van der Waals surface area (Å²) in [5, 5.41) is 6.77. The number of ether oxygens (including phenoxy) is 2. The van der Waals surface area contributed by atoms with E-state index in [-0.39, 0.29) is 11.9 Å². The summed E-state index contributed by atoms with van der Waals surface area (Å²) < 4.78 is 10.4. The number of benzene rings is 2. The zero-order valence-corrected chi connectivity index (χ0v) is 17.1. The molecule has 0 radical (unpaired) electrons. The van der Waals surface area contributed by atoms with Gasteiger partial charge in [0.1, 0.15) is 0 Å². The smallest absolute Gasteiger partial charge is 0.321 e. The van der Waals surface area contributed by atoms with E-state index >= 15 is 0 Å². The first-order valence-corrected chi connectivity index (χ1v) is 9.23. The second-order valence-corrected chi connectivity index (χ2v) is 5.99. The molecule has 3 amide bonds. The molecule has 0 spiro atoms. The highest BCUT2D eigenvalue weighted by Crippen LogP contribution is 2.26. The van der Waals surface area contributed by atoms with E-state index in [1.54, 1.807) is 61.6 Å². The zero-order valence-electron chi connectivity index (χ0n) is 17.1. The molecule has 2 rings (SSSR count). The molecular weight excluding hydrogens is 372 g/mol. The number of nitrogens with zero attached hydrogens (tertiary/aromatic N) is 2. The molecule has 2 N–H and O–H groups in total. The second-order valence-electron chi connectivity index (χ2n) is 5.99. The topological polar surface area (TPSA) is 92.3 Å². The fourth-order valence-electron chi connectivity index (χ4n) is 2.58. The maximum absolute atomic E-state index is 12.2. The molecule has 0 aromatic heterocycles. The molecular formula is C21H26N4O4. The monoisotopic (exact) mass is 398 g/mol. The van der Waals surface area contributed by atoms with Crippen molar-refractivity contribution in [3.8, 4) is 11.5 Å². The van der Waals surface area contributed by atoms with Gasteiger partial charge in [-0.1, -0.05) is 0 Å². The third-order valence-electron chi connectivity index (χ3n) is 4.24. The highest BCUT2D eigenvalue weighted by molar-refractivity contribution is 5.96. The number of methoxy groups -OCH3 is 2. The number of carbonyl (C=O) groups is 2. The van der Waals surface area contributed by atoms with Crippen LogP contribution in [0.15, 0.2) is 47.6 Å². The lowest BCUT2D eigenvalue weighted by Gasteiger charge is -2.19. The van der Waals surface area contributed by atoms with E-state index in [1.807, 2.05) is 13.8 Å². The highest BCUT2D eigenvalue weighted by atomic mass is 16.5. The van der Waals surface area contributed by atoms with Crippen LogP contribution in [0.1, 0.15) is 29.8 Å². The first-order chi connectivity index (χ1) is 14.0. The van der Waals surface area contributed by atoms with Crippen molar-refractivity contribution in [2.45, 2.75) is 13.8 Å². The SMILES string of the molecule is CCN(CC)C(=O)Nc1ccc(C(=O)NN=Cc2ccc(OC)c(OC)c2)cc1. The van der Waals surface area contributed by atoms with Crippen molar-refractivity contribution < 1.29 is 19.1 Å². The number of hydrogen-bond acceptors (Lipinski definition) is 5. The number of hydrazone groups is 1. The summed E-state index contributed by atoms with van der Waals surface area (Å²) in [7, 11) is 3.11. The Bertz CT molecular complexity index is 861. The molecule has 8 nitrogen and oxygen atoms in total. The van der Waals surface area contributed by atoms with E-state index < -0.39 is 0 Å². The summed E-state index contributed by atoms with van der Waals surface area (Å²) in [4.78, 5) is 26.0. The van der Waals surface area contributed by atoms with Crippen molar-refractivity contribution in [3.63, 3.8) is 0 Å². The Labute approximate surface area is 170 Å². The van der Waals surface area contributed by atoms with Gasteiger partial charge in [0.15, 0.2) is 11.5 Å². The van der Waals surface area contributed by atoms with Gasteiger partial charge in [-0.3, -0.25) is 4.79 Å². The minimum atomic E-state index is -0.358. The fraction of sp³-hybridized carbons (Fsp3) is 0.286. The molecule has 0 fully saturated rings. The van der Waals surface area contributed by atoms with E-state index in [1.165, 1.54) is 6.21 Å². The Morgan fingerprint density at radius 2 is 1.66 bits per heavy atom. The van der Waals surface area contributed by atoms with Gasteiger partial charge in [-0.25, -0.2) is 10.2 Å². The van der Waals surface area contributed by atoms with Crippen molar-refractivity contribution in [1.29, 1.82) is 0 Å². The molecule has 0 aliphatic heterocycles. The number of anilines is 1. The van der Waals surface area contributed by atoms with Gasteiger partial charge < -0.3 is 19.7 Å². The van der Waals surface area contributed by atoms with Crippen molar-refractivity contribution in [2.24, 2.45) is 5.10 Å². The summed E-state index contributed by atoms with van der Waals surface area (Å²) in [5.74, 6) is 0.829. The predicted molar refractivity (Wildman–Crippen MR) is 113 cm³/mol. The molecule has 0 aliphatic rings. The average molecular weight is 398 g/mol. The highest BCUT2D eigenvalue weighted by Gasteiger charge is 2.10. The third kappa shape index (κ3) is 5.97. The minimum Gasteiger partial charge on any atom is -0.493 e. The van der Waals surface area contributed by atoms with Crippen LogP contribution in [0, 0.1) is 0 Å². The van der Waals surface area contributed by atoms with E-state index in [4.69, 9.17) is 9.47 Å². The summed E-state index contributed by atoms with van der Waals surface area (Å²) in [5.41, 5.74) is 4.26. The zero-order chi connectivity index (χ0) is 21.2. The Kier molecular flexibility index (Phi) is 8.02. The van der Waals surface area contributed by atoms with Gasteiger partial charge in [-0.2, -0.15) is 5.10 Å². The lowest BCUT2D eigenvalue weighted by molar-refractivity contribution is 0.0955. The summed E-state index contributed by atoms with van der Waals surface area (Å²) in [6.07, 6.45) is 1.51. The largest absolute Gasteiger partial charge is 0.493 e. The van der Waals surface area contributed by atoms with Gasteiger partial charge in [0.2, 0.25) is 0 Å². The van der Waals surface area contributed by atoms with Crippen LogP contribution < -0.4 is 20.2 Å². The van der Waals surface area contributed by atoms with Crippen LogP contribution in [-0.4, -0.2) is 50.4 Å². The van der Waals surface area contributed by atoms with E-state index in [0.717, 1.165) is 5.56 Å². The van der Waals surface area contributed by atoms with Crippen molar-refractivity contribution in [2.75, 3.05) is 32.6 Å². The number of rotatable bonds is 8. The van der Waals surface area contributed by atoms with Crippen LogP contribution in [-0.2, 0) is 0 Å². The van der Waals surface area contributed by atoms with Gasteiger partial charge in [0.25, 0.3) is 5.91 Å². The van der Waals surface area contributed by atoms with E-state index in [0.29, 0.717) is 35.8 Å². The van der Waals surface area contributed by atoms with Crippen LogP contribution in [0.5, 0.6) is 11.5 Å². The Hall–Kier alpha value is -3.55. The van der Waals surface area contributed by atoms with Crippen LogP contribution in [0.2, 0.25) is 0 Å². The van der Waals surface area contributed by atoms with Crippen LogP contribution in [0.3, 0.4) is 0 Å². The molecule has 0 unspecified atom stereocenters. The number of urea groups is 1. The van der Waals surface area contributed by atoms with Crippen molar-refractivity contribution >= 4 is 23.8 Å². The van der Waals surface area contributed by atoms with E-state index in [9.17, 15) is 9.59 Å². The van der Waals surface area contributed by atoms with Crippen molar-refractivity contribution in [3.05, 3.63) is 53.6 Å². The quantitative estimate of drug-likeness (QED) is 0.527. The van der Waals surface area contributed by atoms with Gasteiger partial charge in [0, 0.05) is 24.3 Å². The molecule has 2 aromatic rings. The predicted octanol–water partition coefficient (Wildman–Crippen LogP) is 3.34. The molecule has 0 heterocycles. The molecule has 29 heavy (non-hydrogen) atoms. The standard InChI is InChI=1S/C21H26N4O4/c1-5-25(6-2)21(27)23-17-10-8-16(9-11-17)20(26)24-22-14-15-7-12-18(28-3)19(13-15)29-4/h7-14H,5-6H2,1-4H3,(H,23,27)(H,24,26). The molecule has 8 heteroatoms. The lowest BCUT2D eigenvalue weighted by Crippen LogP contribution is -2.34. The normalized spacial score (nSPS) is 10.5. The average Bonchev–Trinajstić information content (AvgIpc) is 2.74. The fourth-order valence-corrected chi connectivity index (χ4v) is 2.58. The van der Waals surface area contributed by atoms with Gasteiger partial charge in [-0.15, -0.1) is 0 Å². The molecule has 0 atom stereocenters. The summed E-state index contributed by atoms with van der Waals surface area (Å²) >= 11 is 0. The van der Waals surface area contributed by atoms with Gasteiger partial charge in [-0.05, 0) is 61.9 Å². The summed E-state index contributed by atoms with van der Waals surface area (Å²) in [6.45, 7) is 5.08. The maximum atomic E-state index is 12.2. The molecule has 0 bridgehead atoms. The third-order valence-corrected chi connectivity index (χ3v) is 4.24. The number of hydrogen-bond donors (Lipinski definition) is 2. The molecule has 0 aliphatic carbocycles. The number of amides is 3. The minimum absolute atomic E-state index is 0.174. The Morgan fingerprint density at radius 3 is 2.24 bits per heavy atom. The second kappa shape index (κ2) is 10.7. The number of nitrogens with one attached hydrogen (secondary N) is 2. The Morgan fingerprint density at radius 1 is 1.00 bits per heavy atom. The molecule has 0 saturated carbocycles. The van der Waals surface area contributed by atoms with Crippen LogP contribution in [0.25, 0.3) is 0 Å². The molecule has 0 saturated heterocycles. The number of carbonyl (C=O) groups excluding carboxylic acids is 2. The van der Waals surface area contributed by atoms with Gasteiger partial charge in [0.05, 0.1) is 20.4 Å². The first kappa shape index (κ1) is 21.7. The molecule has 154 valence electrons. The summed E-state index contributed by atoms with van der Waals surface area (Å²) in [6, 6.07) is 11.7. The van der Waals surface area contributed by atoms with E-state index in [2.05, 4.69) is 15.8 Å². The van der Waals surface area contributed by atoms with Crippen LogP contribution in [0.4, 0.5) is 10.5 Å². The first-order valence-electron chi connectivity index (χ1n) is 9.23. The maximum Gasteiger partial charge on any atom is 0.321 e. The Balaban J connectivity index is 1.95. The van der Waals surface area contributed by atoms with Crippen LogP contribution >= 0.6 is 0 Å². The van der Waals surface area contributed by atoms with Crippen molar-refractivity contribution in [1.82, 2.24) is 10.3 Å².